The van der Waals surface area contributed by atoms with E-state index in [1.165, 1.54) is 0 Å². The molecule has 6 heteroatoms. The van der Waals surface area contributed by atoms with Crippen LogP contribution in [0.2, 0.25) is 0 Å². The number of aryl methyl sites for hydroxylation is 3. The smallest absolute Gasteiger partial charge is 0.408 e. The molecule has 0 aliphatic heterocycles. The molecule has 4 aromatic rings. The first-order chi connectivity index (χ1) is 12.1. The molecule has 0 saturated heterocycles. The standard InChI is InChI=1S/C19H17N3O3/c1-13-6-4-7-14-17(13)20-12-21(18(14)23)10-5-11-22-15-8-2-3-9-16(15)25-19(22)24/h2-4,6-9,12H,5,10-11H2,1H3. The Kier molecular flexibility index (Phi) is 3.72. The van der Waals surface area contributed by atoms with Crippen LogP contribution in [0.3, 0.4) is 0 Å². The van der Waals surface area contributed by atoms with E-state index in [9.17, 15) is 9.59 Å². The van der Waals surface area contributed by atoms with Crippen LogP contribution in [0.4, 0.5) is 0 Å². The van der Waals surface area contributed by atoms with Gasteiger partial charge in [-0.2, -0.15) is 0 Å². The second-order valence-corrected chi connectivity index (χ2v) is 6.06. The molecule has 0 saturated carbocycles. The minimum Gasteiger partial charge on any atom is -0.408 e. The van der Waals surface area contributed by atoms with Gasteiger partial charge in [0, 0.05) is 13.1 Å². The zero-order valence-electron chi connectivity index (χ0n) is 13.8. The molecule has 0 unspecified atom stereocenters. The van der Waals surface area contributed by atoms with Crippen LogP contribution >= 0.6 is 0 Å². The Labute approximate surface area is 143 Å². The summed E-state index contributed by atoms with van der Waals surface area (Å²) in [5, 5.41) is 0.619. The van der Waals surface area contributed by atoms with Crippen LogP contribution in [0.15, 0.2) is 62.8 Å². The number of aromatic nitrogens is 3. The molecule has 0 radical (unpaired) electrons. The van der Waals surface area contributed by atoms with Gasteiger partial charge < -0.3 is 4.42 Å². The summed E-state index contributed by atoms with van der Waals surface area (Å²) in [5.74, 6) is -0.374. The maximum Gasteiger partial charge on any atom is 0.419 e. The summed E-state index contributed by atoms with van der Waals surface area (Å²) in [4.78, 5) is 29.0. The van der Waals surface area contributed by atoms with Crippen LogP contribution in [-0.2, 0) is 13.1 Å². The van der Waals surface area contributed by atoms with Gasteiger partial charge in [-0.25, -0.2) is 9.78 Å². The van der Waals surface area contributed by atoms with Gasteiger partial charge in [0.2, 0.25) is 0 Å². The Morgan fingerprint density at radius 3 is 2.76 bits per heavy atom. The molecule has 2 aromatic heterocycles. The molecule has 0 N–H and O–H groups in total. The first-order valence-corrected chi connectivity index (χ1v) is 8.18. The van der Waals surface area contributed by atoms with E-state index >= 15 is 0 Å². The summed E-state index contributed by atoms with van der Waals surface area (Å²) >= 11 is 0. The van der Waals surface area contributed by atoms with Crippen molar-refractivity contribution in [2.45, 2.75) is 26.4 Å². The van der Waals surface area contributed by atoms with Gasteiger partial charge in [-0.3, -0.25) is 13.9 Å². The molecule has 0 fully saturated rings. The van der Waals surface area contributed by atoms with E-state index < -0.39 is 0 Å². The molecule has 0 amide bonds. The average molecular weight is 335 g/mol. The van der Waals surface area contributed by atoms with E-state index in [0.29, 0.717) is 30.5 Å². The van der Waals surface area contributed by atoms with Crippen LogP contribution < -0.4 is 11.3 Å². The van der Waals surface area contributed by atoms with Crippen molar-refractivity contribution in [1.29, 1.82) is 0 Å². The van der Waals surface area contributed by atoms with E-state index in [1.54, 1.807) is 27.6 Å². The van der Waals surface area contributed by atoms with Gasteiger partial charge in [-0.05, 0) is 37.1 Å². The number of fused-ring (bicyclic) bond motifs is 2. The van der Waals surface area contributed by atoms with Crippen LogP contribution in [-0.4, -0.2) is 14.1 Å². The zero-order chi connectivity index (χ0) is 17.4. The molecule has 0 aliphatic carbocycles. The van der Waals surface area contributed by atoms with Gasteiger partial charge in [-0.15, -0.1) is 0 Å². The van der Waals surface area contributed by atoms with Gasteiger partial charge in [0.25, 0.3) is 5.56 Å². The highest BCUT2D eigenvalue weighted by Gasteiger charge is 2.09. The van der Waals surface area contributed by atoms with Crippen molar-refractivity contribution < 1.29 is 4.42 Å². The number of nitrogens with zero attached hydrogens (tertiary/aromatic N) is 3. The topological polar surface area (TPSA) is 70.0 Å². The Balaban J connectivity index is 1.59. The van der Waals surface area contributed by atoms with Crippen molar-refractivity contribution in [1.82, 2.24) is 14.1 Å². The molecular formula is C19H17N3O3. The predicted molar refractivity (Wildman–Crippen MR) is 95.8 cm³/mol. The molecular weight excluding hydrogens is 318 g/mol. The van der Waals surface area contributed by atoms with Gasteiger partial charge in [0.05, 0.1) is 22.7 Å². The summed E-state index contributed by atoms with van der Waals surface area (Å²) in [6.07, 6.45) is 2.20. The second kappa shape index (κ2) is 6.05. The van der Waals surface area contributed by atoms with E-state index in [2.05, 4.69) is 4.98 Å². The minimum atomic E-state index is -0.374. The fourth-order valence-corrected chi connectivity index (χ4v) is 3.12. The zero-order valence-corrected chi connectivity index (χ0v) is 13.8. The first kappa shape index (κ1) is 15.4. The molecule has 6 nitrogen and oxygen atoms in total. The number of oxazole rings is 1. The summed E-state index contributed by atoms with van der Waals surface area (Å²) in [7, 11) is 0. The number of hydrogen-bond donors (Lipinski definition) is 0. The van der Waals surface area contributed by atoms with Gasteiger partial charge >= 0.3 is 5.76 Å². The highest BCUT2D eigenvalue weighted by molar-refractivity contribution is 5.80. The molecule has 0 spiro atoms. The highest BCUT2D eigenvalue weighted by atomic mass is 16.4. The highest BCUT2D eigenvalue weighted by Crippen LogP contribution is 2.13. The predicted octanol–water partition coefficient (Wildman–Crippen LogP) is 2.70. The monoisotopic (exact) mass is 335 g/mol. The third-order valence-electron chi connectivity index (χ3n) is 4.41. The van der Waals surface area contributed by atoms with Crippen molar-refractivity contribution in [3.63, 3.8) is 0 Å². The largest absolute Gasteiger partial charge is 0.419 e. The molecule has 2 heterocycles. The lowest BCUT2D eigenvalue weighted by molar-refractivity contribution is 0.480. The summed E-state index contributed by atoms with van der Waals surface area (Å²) in [6.45, 7) is 2.91. The van der Waals surface area contributed by atoms with E-state index in [4.69, 9.17) is 4.42 Å². The average Bonchev–Trinajstić information content (AvgIpc) is 2.93. The molecule has 0 bridgehead atoms. The SMILES string of the molecule is Cc1cccc2c(=O)n(CCCn3c(=O)oc4ccccc43)cnc12. The normalized spacial score (nSPS) is 11.4. The minimum absolute atomic E-state index is 0.0573. The van der Waals surface area contributed by atoms with Gasteiger partial charge in [0.1, 0.15) is 0 Å². The van der Waals surface area contributed by atoms with Crippen molar-refractivity contribution >= 4 is 22.0 Å². The molecule has 126 valence electrons. The van der Waals surface area contributed by atoms with Crippen molar-refractivity contribution in [3.8, 4) is 0 Å². The Bertz CT molecular complexity index is 1180. The molecule has 0 atom stereocenters. The Morgan fingerprint density at radius 1 is 1.04 bits per heavy atom. The summed E-state index contributed by atoms with van der Waals surface area (Å²) in [5.41, 5.74) is 3.01. The second-order valence-electron chi connectivity index (χ2n) is 6.06. The van der Waals surface area contributed by atoms with Crippen molar-refractivity contribution in [2.75, 3.05) is 0 Å². The van der Waals surface area contributed by atoms with Crippen LogP contribution in [0, 0.1) is 6.92 Å². The van der Waals surface area contributed by atoms with Crippen LogP contribution in [0.5, 0.6) is 0 Å². The Hall–Kier alpha value is -3.15. The van der Waals surface area contributed by atoms with Crippen molar-refractivity contribution in [2.24, 2.45) is 0 Å². The molecule has 0 aliphatic rings. The van der Waals surface area contributed by atoms with E-state index in [0.717, 1.165) is 16.6 Å². The van der Waals surface area contributed by atoms with E-state index in [1.807, 2.05) is 37.3 Å². The lowest BCUT2D eigenvalue weighted by Crippen LogP contribution is -2.22. The lowest BCUT2D eigenvalue weighted by atomic mass is 10.1. The van der Waals surface area contributed by atoms with Gasteiger partial charge in [0.15, 0.2) is 5.58 Å². The fourth-order valence-electron chi connectivity index (χ4n) is 3.12. The van der Waals surface area contributed by atoms with Gasteiger partial charge in [-0.1, -0.05) is 24.3 Å². The first-order valence-electron chi connectivity index (χ1n) is 8.18. The Morgan fingerprint density at radius 2 is 1.88 bits per heavy atom. The number of rotatable bonds is 4. The fraction of sp³-hybridized carbons (Fsp3) is 0.211. The number of para-hydroxylation sites is 3. The van der Waals surface area contributed by atoms with Crippen LogP contribution in [0.25, 0.3) is 22.0 Å². The molecule has 25 heavy (non-hydrogen) atoms. The lowest BCUT2D eigenvalue weighted by Gasteiger charge is -2.08. The molecule has 4 rings (SSSR count). The summed E-state index contributed by atoms with van der Waals surface area (Å²) in [6, 6.07) is 12.9. The summed E-state index contributed by atoms with van der Waals surface area (Å²) < 4.78 is 8.41. The maximum absolute atomic E-state index is 12.6. The maximum atomic E-state index is 12.6. The number of hydrogen-bond acceptors (Lipinski definition) is 4. The van der Waals surface area contributed by atoms with Crippen molar-refractivity contribution in [3.05, 3.63) is 75.3 Å². The number of benzene rings is 2. The third-order valence-corrected chi connectivity index (χ3v) is 4.41. The quantitative estimate of drug-likeness (QED) is 0.575. The van der Waals surface area contributed by atoms with E-state index in [-0.39, 0.29) is 11.3 Å². The molecule has 2 aromatic carbocycles. The third kappa shape index (κ3) is 2.65. The van der Waals surface area contributed by atoms with Crippen LogP contribution in [0.1, 0.15) is 12.0 Å².